The van der Waals surface area contributed by atoms with E-state index in [1.165, 1.54) is 103 Å². The second-order valence-electron chi connectivity index (χ2n) is 23.6. The molecule has 0 saturated carbocycles. The van der Waals surface area contributed by atoms with Gasteiger partial charge in [-0.1, -0.05) is 27.7 Å². The number of imidazole rings is 4. The molecule has 34 nitrogen and oxygen atoms in total. The van der Waals surface area contributed by atoms with Crippen LogP contribution in [0.5, 0.6) is 0 Å². The van der Waals surface area contributed by atoms with E-state index in [2.05, 4.69) is 78.5 Å². The van der Waals surface area contributed by atoms with Crippen LogP contribution in [0.15, 0.2) is 65.2 Å². The van der Waals surface area contributed by atoms with Gasteiger partial charge < -0.3 is 49.8 Å². The maximum absolute atomic E-state index is 12.0. The van der Waals surface area contributed by atoms with Gasteiger partial charge in [0.1, 0.15) is 127 Å². The number of rotatable bonds is 12. The summed E-state index contributed by atoms with van der Waals surface area (Å²) in [5.41, 5.74) is -1.88. The Labute approximate surface area is 567 Å². The van der Waals surface area contributed by atoms with Crippen LogP contribution in [-0.2, 0) is 51.1 Å². The summed E-state index contributed by atoms with van der Waals surface area (Å²) in [6, 6.07) is 14.8. The van der Waals surface area contributed by atoms with Crippen LogP contribution in [0.4, 0.5) is 5.82 Å². The lowest BCUT2D eigenvalue weighted by atomic mass is 9.67. The van der Waals surface area contributed by atoms with E-state index in [0.29, 0.717) is 49.8 Å². The molecule has 0 aromatic carbocycles. The van der Waals surface area contributed by atoms with E-state index >= 15 is 0 Å². The number of anilines is 1. The van der Waals surface area contributed by atoms with Crippen LogP contribution in [0.25, 0.3) is 22.6 Å². The number of hydrogen-bond acceptors (Lipinski definition) is 33. The van der Waals surface area contributed by atoms with Crippen LogP contribution in [0.1, 0.15) is 97.9 Å². The largest absolute Gasteiger partial charge is 0.425 e. The van der Waals surface area contributed by atoms with E-state index in [0.717, 1.165) is 6.42 Å². The van der Waals surface area contributed by atoms with Crippen molar-refractivity contribution in [2.24, 2.45) is 33.5 Å². The number of aliphatic hydroxyl groups excluding tert-OH is 4. The number of aliphatic hydroxyl groups is 4. The molecule has 4 aliphatic heterocycles. The number of hydrogen-bond donors (Lipinski definition) is 5. The van der Waals surface area contributed by atoms with Gasteiger partial charge in [-0.05, 0) is 59.3 Å². The smallest absolute Gasteiger partial charge is 0.305 e. The van der Waals surface area contributed by atoms with Crippen molar-refractivity contribution in [3.05, 3.63) is 72.9 Å². The fourth-order valence-corrected chi connectivity index (χ4v) is 14.3. The van der Waals surface area contributed by atoms with Crippen LogP contribution >= 0.6 is 35.3 Å². The zero-order valence-electron chi connectivity index (χ0n) is 54.4. The Morgan fingerprint density at radius 2 is 0.825 bits per heavy atom. The summed E-state index contributed by atoms with van der Waals surface area (Å²) in [4.78, 5) is 45.4. The first-order valence-electron chi connectivity index (χ1n) is 29.8. The minimum absolute atomic E-state index is 0.0928. The van der Waals surface area contributed by atoms with Gasteiger partial charge in [0.15, 0.2) is 28.4 Å². The Hall–Kier alpha value is -9.37. The summed E-state index contributed by atoms with van der Waals surface area (Å²) >= 11 is 4.24. The Kier molecular flexibility index (Phi) is 20.2. The zero-order chi connectivity index (χ0) is 71.0. The Morgan fingerprint density at radius 1 is 0.505 bits per heavy atom. The molecule has 12 rings (SSSR count). The number of thioether (sulfide) groups is 3. The molecule has 16 atom stereocenters. The molecular formula is C60H66N24O10S3. The van der Waals surface area contributed by atoms with E-state index in [1.54, 1.807) is 35.3 Å². The van der Waals surface area contributed by atoms with Gasteiger partial charge in [0, 0.05) is 18.8 Å². The van der Waals surface area contributed by atoms with Crippen molar-refractivity contribution >= 4 is 69.7 Å². The highest BCUT2D eigenvalue weighted by Gasteiger charge is 2.70. The Balaban J connectivity index is 0.000000152. The number of nitrogens with zero attached hydrogens (tertiary/aromatic N) is 23. The summed E-state index contributed by atoms with van der Waals surface area (Å²) in [5, 5.41) is 127. The van der Waals surface area contributed by atoms with Gasteiger partial charge in [-0.15, -0.1) is 35.3 Å². The van der Waals surface area contributed by atoms with E-state index < -0.39 is 87.8 Å². The van der Waals surface area contributed by atoms with Crippen LogP contribution in [0.3, 0.4) is 0 Å². The number of nitrogen functional groups attached to an aromatic ring is 1. The number of carbonyl (C=O) groups is 1. The summed E-state index contributed by atoms with van der Waals surface area (Å²) in [7, 11) is 0. The molecule has 8 aromatic rings. The standard InChI is InChI=1S/C17H21N5O3S.C16H18N6OS.C14H14N6O3S.C13H13N7O3/c1-6-12-10(2)16(4,8-18)17(25-12,24-11(3)23)13-7-19-14-15(26-5)20-9-21-22(13)14;1-5-11-10(2)15(3,7-17)16(8-18,23-11)12-6-19-13-14(24-4)20-9-21-22(12)13;1-13(5-15)10(22)8(4-21)23-14(13,6-16)9-3-17-11-12(24-2)18-7-19-20(9)11;1-12(4-14)9(22)7(3-21)23-13(12,5-15)8-2-17-11-10(16)18-6-19-20(8)11/h7,9-10,12H,6H2,1-5H3;6,9-11H,5H2,1-4H3;3,7-8,10,21-22H,4H2,1-2H3;2,6-7,9,21-22H,3H2,1H3,(H2,16,18,19)/t10-,12-,16-,17?;10-,11-,15-,16+;8-,10-,13-,14+;7-,9-,12-,13+/m1111/s1. The number of fused-ring (bicyclic) bond motifs is 4. The fourth-order valence-electron chi connectivity index (χ4n) is 12.9. The highest BCUT2D eigenvalue weighted by molar-refractivity contribution is 7.99. The molecule has 12 heterocycles. The molecule has 8 aromatic heterocycles. The molecule has 1 unspecified atom stereocenters. The number of nitrogens with two attached hydrogens (primary N) is 1. The first-order valence-corrected chi connectivity index (χ1v) is 33.5. The van der Waals surface area contributed by atoms with Gasteiger partial charge in [-0.25, -0.2) is 57.9 Å². The van der Waals surface area contributed by atoms with Crippen molar-refractivity contribution in [3.63, 3.8) is 0 Å². The van der Waals surface area contributed by atoms with Crippen molar-refractivity contribution in [1.82, 2.24) is 78.3 Å². The number of aromatic nitrogens is 16. The van der Waals surface area contributed by atoms with Gasteiger partial charge >= 0.3 is 5.97 Å². The van der Waals surface area contributed by atoms with Gasteiger partial charge in [0.25, 0.3) is 5.79 Å². The van der Waals surface area contributed by atoms with E-state index in [-0.39, 0.29) is 46.9 Å². The summed E-state index contributed by atoms with van der Waals surface area (Å²) in [5.74, 6) is -2.31. The highest BCUT2D eigenvalue weighted by Crippen LogP contribution is 2.59. The van der Waals surface area contributed by atoms with Gasteiger partial charge in [0.05, 0.1) is 74.5 Å². The van der Waals surface area contributed by atoms with Crippen molar-refractivity contribution in [3.8, 4) is 42.5 Å². The van der Waals surface area contributed by atoms with Crippen molar-refractivity contribution in [1.29, 1.82) is 36.8 Å². The highest BCUT2D eigenvalue weighted by atomic mass is 32.2. The molecule has 0 bridgehead atoms. The lowest BCUT2D eigenvalue weighted by Gasteiger charge is -2.37. The molecule has 0 aliphatic carbocycles. The van der Waals surface area contributed by atoms with Crippen molar-refractivity contribution in [2.45, 2.75) is 149 Å². The quantitative estimate of drug-likeness (QED) is 0.0861. The van der Waals surface area contributed by atoms with Gasteiger partial charge in [-0.3, -0.25) is 4.79 Å². The first-order chi connectivity index (χ1) is 46.3. The SMILES string of the molecule is CC[C@H]1OC(OC(C)=O)(c2cnc3c(SC)ncnn23)[C@](C)(C#N)[C@@H]1C.CC[C@H]1O[C@@](C#N)(c2cnc3c(SC)ncnn23)[C@](C)(C#N)[C@@H]1C.CSc1ncnn2c([C@]3(C#N)O[C@H](CO)[C@@H](O)[C@@]3(C)C#N)cnc12.C[C@@]1(C#N)[C@H](O)[C@@H](CO)O[C@@]1(C#N)c1cnc2c(N)ncnn12. The third kappa shape index (κ3) is 10.5. The van der Waals surface area contributed by atoms with Gasteiger partial charge in [-0.2, -0.15) is 57.2 Å². The predicted molar refractivity (Wildman–Crippen MR) is 338 cm³/mol. The molecule has 0 amide bonds. The second-order valence-corrected chi connectivity index (χ2v) is 26.0. The third-order valence-electron chi connectivity index (χ3n) is 19.0. The Bertz CT molecular complexity index is 4500. The summed E-state index contributed by atoms with van der Waals surface area (Å²) in [6.45, 7) is 14.5. The Morgan fingerprint density at radius 3 is 1.18 bits per heavy atom. The fraction of sp³-hybridized carbons (Fsp3) is 0.533. The molecule has 97 heavy (non-hydrogen) atoms. The molecule has 37 heteroatoms. The number of esters is 1. The van der Waals surface area contributed by atoms with E-state index in [4.69, 9.17) is 29.4 Å². The van der Waals surface area contributed by atoms with E-state index in [1.807, 2.05) is 70.7 Å². The number of nitriles is 7. The molecule has 6 N–H and O–H groups in total. The third-order valence-corrected chi connectivity index (χ3v) is 21.0. The van der Waals surface area contributed by atoms with Crippen molar-refractivity contribution < 1.29 is 48.9 Å². The maximum atomic E-state index is 12.0. The lowest BCUT2D eigenvalue weighted by Crippen LogP contribution is -2.46. The monoisotopic (exact) mass is 1380 g/mol. The second kappa shape index (κ2) is 27.3. The van der Waals surface area contributed by atoms with Crippen LogP contribution in [-0.4, -0.2) is 173 Å². The normalized spacial score (nSPS) is 32.4. The topological polar surface area (TPSA) is 509 Å². The lowest BCUT2D eigenvalue weighted by molar-refractivity contribution is -0.257. The molecule has 504 valence electrons. The predicted octanol–water partition coefficient (Wildman–Crippen LogP) is 3.63. The maximum Gasteiger partial charge on any atom is 0.305 e. The molecule has 0 spiro atoms. The molecule has 4 fully saturated rings. The minimum Gasteiger partial charge on any atom is -0.425 e. The minimum atomic E-state index is -1.88. The van der Waals surface area contributed by atoms with Crippen LogP contribution < -0.4 is 5.73 Å². The molecule has 4 saturated heterocycles. The van der Waals surface area contributed by atoms with Crippen LogP contribution in [0, 0.1) is 113 Å². The summed E-state index contributed by atoms with van der Waals surface area (Å²) in [6.07, 6.45) is 12.8. The molecule has 0 radical (unpaired) electrons. The average Bonchev–Trinajstić information content (AvgIpc) is 1.59. The zero-order valence-corrected chi connectivity index (χ0v) is 56.8. The van der Waals surface area contributed by atoms with Crippen LogP contribution in [0.2, 0.25) is 0 Å². The summed E-state index contributed by atoms with van der Waals surface area (Å²) < 4.78 is 35.2. The van der Waals surface area contributed by atoms with Crippen molar-refractivity contribution in [2.75, 3.05) is 37.7 Å². The number of ether oxygens (including phenoxy) is 5. The van der Waals surface area contributed by atoms with Gasteiger partial charge in [0.2, 0.25) is 16.8 Å². The first kappa shape index (κ1) is 71.9. The average molecular weight is 1380 g/mol. The molecular weight excluding hydrogens is 1310 g/mol. The number of carbonyl (C=O) groups excluding carboxylic acids is 1. The van der Waals surface area contributed by atoms with E-state index in [9.17, 15) is 62.1 Å². The molecule has 4 aliphatic rings.